The Kier molecular flexibility index (Phi) is 7.47. The van der Waals surface area contributed by atoms with Crippen molar-refractivity contribution in [2.24, 2.45) is 11.0 Å². The Morgan fingerprint density at radius 2 is 1.97 bits per heavy atom. The molecule has 0 bridgehead atoms. The Balaban J connectivity index is 1.30. The standard InChI is InChI=1S/C28H32N2O3S/c1-28(2,3)22-10-8-20(9-11-22)24-15-25(24)27(31)30-29-16-19-7-12-26(32-4)21(14-19)17-34-18-23-6-5-13-33-23/h5-14,16,24-25H,15,17-18H2,1-4H3,(H,30,31)/t24-,25+/m0/s1. The van der Waals surface area contributed by atoms with Gasteiger partial charge in [0.2, 0.25) is 5.91 Å². The number of nitrogens with one attached hydrogen (secondary N) is 1. The molecule has 0 radical (unpaired) electrons. The maximum absolute atomic E-state index is 12.6. The van der Waals surface area contributed by atoms with Crippen molar-refractivity contribution in [2.75, 3.05) is 7.11 Å². The summed E-state index contributed by atoms with van der Waals surface area (Å²) in [5.41, 5.74) is 7.38. The van der Waals surface area contributed by atoms with Crippen molar-refractivity contribution in [3.8, 4) is 5.75 Å². The van der Waals surface area contributed by atoms with E-state index in [-0.39, 0.29) is 23.2 Å². The van der Waals surface area contributed by atoms with Crippen molar-refractivity contribution in [3.63, 3.8) is 0 Å². The number of hydrogen-bond acceptors (Lipinski definition) is 5. The van der Waals surface area contributed by atoms with E-state index in [9.17, 15) is 4.79 Å². The van der Waals surface area contributed by atoms with Crippen LogP contribution in [0.25, 0.3) is 0 Å². The van der Waals surface area contributed by atoms with E-state index in [0.717, 1.165) is 40.6 Å². The number of hydrogen-bond donors (Lipinski definition) is 1. The molecule has 0 saturated heterocycles. The lowest BCUT2D eigenvalue weighted by Crippen LogP contribution is -2.20. The number of carbonyl (C=O) groups is 1. The molecule has 1 saturated carbocycles. The van der Waals surface area contributed by atoms with Gasteiger partial charge in [-0.3, -0.25) is 4.79 Å². The second-order valence-electron chi connectivity index (χ2n) is 9.70. The molecule has 1 amide bonds. The lowest BCUT2D eigenvalue weighted by Gasteiger charge is -2.19. The largest absolute Gasteiger partial charge is 0.496 e. The highest BCUT2D eigenvalue weighted by Crippen LogP contribution is 2.47. The zero-order valence-corrected chi connectivity index (χ0v) is 21.0. The molecule has 5 nitrogen and oxygen atoms in total. The monoisotopic (exact) mass is 476 g/mol. The molecule has 2 aromatic carbocycles. The Morgan fingerprint density at radius 3 is 2.65 bits per heavy atom. The summed E-state index contributed by atoms with van der Waals surface area (Å²) < 4.78 is 10.9. The molecule has 4 rings (SSSR count). The number of benzene rings is 2. The highest BCUT2D eigenvalue weighted by Gasteiger charge is 2.44. The number of amides is 1. The Labute approximate surface area is 206 Å². The van der Waals surface area contributed by atoms with Crippen molar-refractivity contribution >= 4 is 23.9 Å². The van der Waals surface area contributed by atoms with E-state index >= 15 is 0 Å². The molecule has 34 heavy (non-hydrogen) atoms. The first-order valence-electron chi connectivity index (χ1n) is 11.6. The zero-order valence-electron chi connectivity index (χ0n) is 20.2. The molecule has 178 valence electrons. The zero-order chi connectivity index (χ0) is 24.1. The second kappa shape index (κ2) is 10.5. The summed E-state index contributed by atoms with van der Waals surface area (Å²) in [5, 5.41) is 4.21. The third kappa shape index (κ3) is 6.11. The summed E-state index contributed by atoms with van der Waals surface area (Å²) in [6, 6.07) is 18.4. The van der Waals surface area contributed by atoms with Crippen molar-refractivity contribution < 1.29 is 13.9 Å². The summed E-state index contributed by atoms with van der Waals surface area (Å²) in [6.45, 7) is 6.62. The van der Waals surface area contributed by atoms with Gasteiger partial charge in [0.1, 0.15) is 11.5 Å². The van der Waals surface area contributed by atoms with E-state index in [1.807, 2.05) is 30.3 Å². The number of nitrogens with zero attached hydrogens (tertiary/aromatic N) is 1. The molecular weight excluding hydrogens is 444 g/mol. The highest BCUT2D eigenvalue weighted by molar-refractivity contribution is 7.97. The fraction of sp³-hybridized carbons (Fsp3) is 0.357. The maximum atomic E-state index is 12.6. The first-order chi connectivity index (χ1) is 16.3. The van der Waals surface area contributed by atoms with Gasteiger partial charge in [-0.15, -0.1) is 11.8 Å². The predicted octanol–water partition coefficient (Wildman–Crippen LogP) is 6.27. The molecule has 0 spiro atoms. The van der Waals surface area contributed by atoms with Crippen LogP contribution in [0.15, 0.2) is 70.4 Å². The summed E-state index contributed by atoms with van der Waals surface area (Å²) >= 11 is 1.76. The average Bonchev–Trinajstić information content (AvgIpc) is 3.46. The molecule has 6 heteroatoms. The van der Waals surface area contributed by atoms with Gasteiger partial charge in [0.25, 0.3) is 0 Å². The average molecular weight is 477 g/mol. The molecule has 1 aliphatic carbocycles. The lowest BCUT2D eigenvalue weighted by atomic mass is 9.86. The summed E-state index contributed by atoms with van der Waals surface area (Å²) in [7, 11) is 1.67. The van der Waals surface area contributed by atoms with Crippen LogP contribution in [0, 0.1) is 5.92 Å². The van der Waals surface area contributed by atoms with Crippen LogP contribution in [0.2, 0.25) is 0 Å². The van der Waals surface area contributed by atoms with Crippen molar-refractivity contribution in [1.29, 1.82) is 0 Å². The molecule has 0 unspecified atom stereocenters. The van der Waals surface area contributed by atoms with Crippen LogP contribution < -0.4 is 10.2 Å². The molecule has 1 fully saturated rings. The minimum Gasteiger partial charge on any atom is -0.496 e. The van der Waals surface area contributed by atoms with Gasteiger partial charge >= 0.3 is 0 Å². The van der Waals surface area contributed by atoms with Crippen molar-refractivity contribution in [1.82, 2.24) is 5.43 Å². The van der Waals surface area contributed by atoms with E-state index in [0.29, 0.717) is 0 Å². The molecule has 1 heterocycles. The number of methoxy groups -OCH3 is 1. The van der Waals surface area contributed by atoms with E-state index < -0.39 is 0 Å². The third-order valence-corrected chi connectivity index (χ3v) is 7.11. The Hall–Kier alpha value is -2.99. The van der Waals surface area contributed by atoms with Crippen LogP contribution in [0.3, 0.4) is 0 Å². The number of rotatable bonds is 9. The first-order valence-corrected chi connectivity index (χ1v) is 12.7. The molecule has 2 atom stereocenters. The van der Waals surface area contributed by atoms with Gasteiger partial charge in [-0.1, -0.05) is 45.0 Å². The van der Waals surface area contributed by atoms with Crippen LogP contribution in [0.1, 0.15) is 61.1 Å². The summed E-state index contributed by atoms with van der Waals surface area (Å²) in [6.07, 6.45) is 4.25. The second-order valence-corrected chi connectivity index (χ2v) is 10.7. The third-order valence-electron chi connectivity index (χ3n) is 6.11. The molecule has 1 aromatic heterocycles. The summed E-state index contributed by atoms with van der Waals surface area (Å²) in [5.74, 6) is 3.62. The topological polar surface area (TPSA) is 63.8 Å². The normalized spacial score (nSPS) is 17.6. The fourth-order valence-electron chi connectivity index (χ4n) is 3.98. The maximum Gasteiger partial charge on any atom is 0.243 e. The van der Waals surface area contributed by atoms with E-state index in [1.165, 1.54) is 11.1 Å². The number of hydrazone groups is 1. The van der Waals surface area contributed by atoms with Crippen LogP contribution in [0.5, 0.6) is 5.75 Å². The van der Waals surface area contributed by atoms with Gasteiger partial charge in [0, 0.05) is 17.2 Å². The highest BCUT2D eigenvalue weighted by atomic mass is 32.2. The van der Waals surface area contributed by atoms with E-state index in [1.54, 1.807) is 31.3 Å². The number of ether oxygens (including phenoxy) is 1. The van der Waals surface area contributed by atoms with Crippen LogP contribution in [-0.2, 0) is 21.7 Å². The van der Waals surface area contributed by atoms with Crippen LogP contribution >= 0.6 is 11.8 Å². The van der Waals surface area contributed by atoms with Crippen molar-refractivity contribution in [2.45, 2.75) is 50.0 Å². The van der Waals surface area contributed by atoms with Gasteiger partial charge in [-0.05, 0) is 64.8 Å². The van der Waals surface area contributed by atoms with Gasteiger partial charge in [0.15, 0.2) is 0 Å². The number of carbonyl (C=O) groups excluding carboxylic acids is 1. The minimum atomic E-state index is -0.0242. The van der Waals surface area contributed by atoms with Gasteiger partial charge < -0.3 is 9.15 Å². The minimum absolute atomic E-state index is 0.0120. The predicted molar refractivity (Wildman–Crippen MR) is 138 cm³/mol. The first kappa shape index (κ1) is 24.1. The van der Waals surface area contributed by atoms with Crippen LogP contribution in [0.4, 0.5) is 0 Å². The number of thioether (sulfide) groups is 1. The van der Waals surface area contributed by atoms with E-state index in [2.05, 4.69) is 55.6 Å². The molecule has 1 N–H and O–H groups in total. The van der Waals surface area contributed by atoms with Crippen molar-refractivity contribution in [3.05, 3.63) is 88.9 Å². The van der Waals surface area contributed by atoms with Gasteiger partial charge in [0.05, 0.1) is 25.3 Å². The molecule has 0 aliphatic heterocycles. The van der Waals surface area contributed by atoms with E-state index in [4.69, 9.17) is 9.15 Å². The van der Waals surface area contributed by atoms with Gasteiger partial charge in [-0.25, -0.2) is 5.43 Å². The molecule has 1 aliphatic rings. The number of furan rings is 1. The SMILES string of the molecule is COc1ccc(C=NNC(=O)[C@@H]2C[C@H]2c2ccc(C(C)(C)C)cc2)cc1CSCc1ccco1. The van der Waals surface area contributed by atoms with Gasteiger partial charge in [-0.2, -0.15) is 5.10 Å². The summed E-state index contributed by atoms with van der Waals surface area (Å²) in [4.78, 5) is 12.6. The Morgan fingerprint density at radius 1 is 1.18 bits per heavy atom. The smallest absolute Gasteiger partial charge is 0.243 e. The quantitative estimate of drug-likeness (QED) is 0.292. The van der Waals surface area contributed by atoms with Crippen LogP contribution in [-0.4, -0.2) is 19.2 Å². The fourth-order valence-corrected chi connectivity index (χ4v) is 4.90. The molecule has 3 aromatic rings. The lowest BCUT2D eigenvalue weighted by molar-refractivity contribution is -0.122. The Bertz CT molecular complexity index is 1130. The molecular formula is C28H32N2O3S.